The van der Waals surface area contributed by atoms with Crippen LogP contribution in [0.1, 0.15) is 0 Å². The van der Waals surface area contributed by atoms with Crippen LogP contribution in [0, 0.1) is 0 Å². The molecule has 2 amide bonds. The molecule has 56 valence electrons. The number of urea groups is 1. The van der Waals surface area contributed by atoms with Gasteiger partial charge in [-0.05, 0) is 12.2 Å². The zero-order chi connectivity index (χ0) is 7.84. The molecule has 0 aromatic heterocycles. The number of carbonyl (C=O) groups excluding carboxylic acids is 1. The van der Waals surface area contributed by atoms with E-state index >= 15 is 0 Å². The number of hydrogen-bond donors (Lipinski definition) is 1. The van der Waals surface area contributed by atoms with Crippen molar-refractivity contribution in [3.05, 3.63) is 23.5 Å². The van der Waals surface area contributed by atoms with Crippen LogP contribution in [0.3, 0.4) is 0 Å². The van der Waals surface area contributed by atoms with Crippen molar-refractivity contribution in [1.82, 2.24) is 4.90 Å². The number of aliphatic imine (C=N–C) groups is 1. The molecule has 4 heteroatoms. The van der Waals surface area contributed by atoms with E-state index in [1.807, 2.05) is 6.08 Å². The predicted octanol–water partition coefficient (Wildman–Crippen LogP) is 0.233. The Labute approximate surface area is 63.7 Å². The van der Waals surface area contributed by atoms with Crippen LogP contribution in [0.25, 0.3) is 0 Å². The third-order valence-electron chi connectivity index (χ3n) is 1.73. The molecule has 2 aliphatic heterocycles. The molecule has 4 nitrogen and oxygen atoms in total. The van der Waals surface area contributed by atoms with Crippen molar-refractivity contribution in [3.63, 3.8) is 0 Å². The van der Waals surface area contributed by atoms with Gasteiger partial charge < -0.3 is 5.73 Å². The zero-order valence-corrected chi connectivity index (χ0v) is 5.82. The van der Waals surface area contributed by atoms with E-state index in [1.165, 1.54) is 4.90 Å². The minimum absolute atomic E-state index is 0.423. The molecule has 2 heterocycles. The fraction of sp³-hybridized carbons (Fsp3) is 0.143. The molecular formula is C7H7N3O. The van der Waals surface area contributed by atoms with Gasteiger partial charge in [-0.1, -0.05) is 0 Å². The minimum Gasteiger partial charge on any atom is -0.351 e. The number of hydrogen-bond acceptors (Lipinski definition) is 2. The maximum atomic E-state index is 10.8. The number of fused-ring (bicyclic) bond motifs is 1. The molecule has 0 saturated carbocycles. The minimum atomic E-state index is -0.423. The van der Waals surface area contributed by atoms with Crippen molar-refractivity contribution in [2.75, 3.05) is 6.54 Å². The number of carbonyl (C=O) groups is 1. The van der Waals surface area contributed by atoms with Gasteiger partial charge in [0.15, 0.2) is 0 Å². The number of allylic oxidation sites excluding steroid dienone is 1. The van der Waals surface area contributed by atoms with Gasteiger partial charge in [-0.2, -0.15) is 0 Å². The predicted molar refractivity (Wildman–Crippen MR) is 40.9 cm³/mol. The highest BCUT2D eigenvalue weighted by molar-refractivity contribution is 5.85. The standard InChI is InChI=1S/C7H7N3O/c8-7(11)10-4-2-5-6(10)1-3-9-5/h1-3H,4H2,(H2,8,11). The van der Waals surface area contributed by atoms with Crippen LogP contribution in [0.4, 0.5) is 4.79 Å². The summed E-state index contributed by atoms with van der Waals surface area (Å²) in [6, 6.07) is -0.423. The lowest BCUT2D eigenvalue weighted by Crippen LogP contribution is -2.32. The Morgan fingerprint density at radius 3 is 3.27 bits per heavy atom. The first-order chi connectivity index (χ1) is 5.29. The van der Waals surface area contributed by atoms with Crippen LogP contribution < -0.4 is 5.73 Å². The molecule has 0 aliphatic carbocycles. The van der Waals surface area contributed by atoms with E-state index in [4.69, 9.17) is 5.73 Å². The van der Waals surface area contributed by atoms with E-state index in [0.29, 0.717) is 6.54 Å². The smallest absolute Gasteiger partial charge is 0.319 e. The molecule has 0 aromatic rings. The summed E-state index contributed by atoms with van der Waals surface area (Å²) in [4.78, 5) is 16.3. The summed E-state index contributed by atoms with van der Waals surface area (Å²) < 4.78 is 0. The third-order valence-corrected chi connectivity index (χ3v) is 1.73. The lowest BCUT2D eigenvalue weighted by atomic mass is 10.4. The van der Waals surface area contributed by atoms with Crippen molar-refractivity contribution in [3.8, 4) is 0 Å². The maximum Gasteiger partial charge on any atom is 0.319 e. The molecule has 0 unspecified atom stereocenters. The highest BCUT2D eigenvalue weighted by atomic mass is 16.2. The number of nitrogens with zero attached hydrogens (tertiary/aromatic N) is 2. The molecule has 2 rings (SSSR count). The normalized spacial score (nSPS) is 19.8. The summed E-state index contributed by atoms with van der Waals surface area (Å²) in [5.74, 6) is 0. The monoisotopic (exact) mass is 149 g/mol. The highest BCUT2D eigenvalue weighted by Gasteiger charge is 2.24. The van der Waals surface area contributed by atoms with Gasteiger partial charge in [0.1, 0.15) is 0 Å². The van der Waals surface area contributed by atoms with Gasteiger partial charge in [-0.3, -0.25) is 9.89 Å². The number of amides is 2. The Morgan fingerprint density at radius 2 is 2.55 bits per heavy atom. The van der Waals surface area contributed by atoms with Crippen molar-refractivity contribution < 1.29 is 4.79 Å². The lowest BCUT2D eigenvalue weighted by molar-refractivity contribution is 0.227. The molecule has 0 saturated heterocycles. The van der Waals surface area contributed by atoms with Gasteiger partial charge in [0.2, 0.25) is 0 Å². The first-order valence-corrected chi connectivity index (χ1v) is 3.31. The summed E-state index contributed by atoms with van der Waals surface area (Å²) in [6.45, 7) is 0.549. The summed E-state index contributed by atoms with van der Waals surface area (Å²) in [6.07, 6.45) is 5.32. The SMILES string of the molecule is NC(=O)N1CC=C2N=CC=C21. The van der Waals surface area contributed by atoms with E-state index in [1.54, 1.807) is 12.3 Å². The number of nitrogens with two attached hydrogens (primary N) is 1. The second kappa shape index (κ2) is 1.95. The quantitative estimate of drug-likeness (QED) is 0.526. The Balaban J connectivity index is 2.31. The summed E-state index contributed by atoms with van der Waals surface area (Å²) in [5.41, 5.74) is 6.78. The van der Waals surface area contributed by atoms with Gasteiger partial charge in [0, 0.05) is 12.8 Å². The van der Waals surface area contributed by atoms with Crippen molar-refractivity contribution in [1.29, 1.82) is 0 Å². The average molecular weight is 149 g/mol. The van der Waals surface area contributed by atoms with Crippen LogP contribution in [-0.2, 0) is 0 Å². The van der Waals surface area contributed by atoms with E-state index < -0.39 is 6.03 Å². The fourth-order valence-electron chi connectivity index (χ4n) is 1.21. The molecule has 0 bridgehead atoms. The molecule has 2 N–H and O–H groups in total. The Kier molecular flexibility index (Phi) is 1.09. The van der Waals surface area contributed by atoms with Gasteiger partial charge in [0.05, 0.1) is 11.4 Å². The summed E-state index contributed by atoms with van der Waals surface area (Å²) in [7, 11) is 0. The van der Waals surface area contributed by atoms with Crippen molar-refractivity contribution in [2.45, 2.75) is 0 Å². The van der Waals surface area contributed by atoms with Crippen LogP contribution in [0.5, 0.6) is 0 Å². The summed E-state index contributed by atoms with van der Waals surface area (Å²) in [5, 5.41) is 0. The lowest BCUT2D eigenvalue weighted by Gasteiger charge is -2.12. The van der Waals surface area contributed by atoms with Crippen LogP contribution in [0.15, 0.2) is 28.5 Å². The maximum absolute atomic E-state index is 10.8. The third kappa shape index (κ3) is 0.756. The molecule has 0 aromatic carbocycles. The number of rotatable bonds is 0. The fourth-order valence-corrected chi connectivity index (χ4v) is 1.21. The van der Waals surface area contributed by atoms with E-state index in [0.717, 1.165) is 11.4 Å². The van der Waals surface area contributed by atoms with Crippen molar-refractivity contribution >= 4 is 12.2 Å². The van der Waals surface area contributed by atoms with Gasteiger partial charge in [0.25, 0.3) is 0 Å². The average Bonchev–Trinajstić information content (AvgIpc) is 2.41. The van der Waals surface area contributed by atoms with E-state index in [9.17, 15) is 4.79 Å². The van der Waals surface area contributed by atoms with Gasteiger partial charge in [-0.15, -0.1) is 0 Å². The van der Waals surface area contributed by atoms with Crippen LogP contribution in [-0.4, -0.2) is 23.7 Å². The first kappa shape index (κ1) is 6.15. The first-order valence-electron chi connectivity index (χ1n) is 3.31. The molecule has 0 spiro atoms. The summed E-state index contributed by atoms with van der Waals surface area (Å²) >= 11 is 0. The Hall–Kier alpha value is -1.58. The molecule has 0 radical (unpaired) electrons. The molecule has 0 fully saturated rings. The van der Waals surface area contributed by atoms with Crippen LogP contribution in [0.2, 0.25) is 0 Å². The molecule has 2 aliphatic rings. The largest absolute Gasteiger partial charge is 0.351 e. The Bertz CT molecular complexity index is 301. The van der Waals surface area contributed by atoms with Gasteiger partial charge in [-0.25, -0.2) is 4.79 Å². The second-order valence-electron chi connectivity index (χ2n) is 2.37. The van der Waals surface area contributed by atoms with Gasteiger partial charge >= 0.3 is 6.03 Å². The van der Waals surface area contributed by atoms with Crippen LogP contribution >= 0.6 is 0 Å². The highest BCUT2D eigenvalue weighted by Crippen LogP contribution is 2.25. The number of primary amides is 1. The Morgan fingerprint density at radius 1 is 1.73 bits per heavy atom. The molecule has 0 atom stereocenters. The zero-order valence-electron chi connectivity index (χ0n) is 5.82. The molecule has 11 heavy (non-hydrogen) atoms. The van der Waals surface area contributed by atoms with Crippen molar-refractivity contribution in [2.24, 2.45) is 10.7 Å². The van der Waals surface area contributed by atoms with E-state index in [2.05, 4.69) is 4.99 Å². The topological polar surface area (TPSA) is 58.7 Å². The second-order valence-corrected chi connectivity index (χ2v) is 2.37. The van der Waals surface area contributed by atoms with E-state index in [-0.39, 0.29) is 0 Å². The molecular weight excluding hydrogens is 142 g/mol.